The molecule has 1 saturated heterocycles. The first-order valence-electron chi connectivity index (χ1n) is 7.23. The quantitative estimate of drug-likeness (QED) is 0.698. The molecule has 1 aromatic carbocycles. The number of aromatic nitrogens is 2. The van der Waals surface area contributed by atoms with Gasteiger partial charge in [0.15, 0.2) is 5.82 Å². The molecule has 0 aliphatic carbocycles. The van der Waals surface area contributed by atoms with Crippen LogP contribution in [-0.2, 0) is 4.79 Å². The molecule has 3 rings (SSSR count). The van der Waals surface area contributed by atoms with E-state index in [1.807, 2.05) is 0 Å². The summed E-state index contributed by atoms with van der Waals surface area (Å²) in [5.74, 6) is 0.533. The van der Waals surface area contributed by atoms with Crippen LogP contribution in [-0.4, -0.2) is 42.6 Å². The number of anilines is 4. The summed E-state index contributed by atoms with van der Waals surface area (Å²) < 4.78 is 13.0. The van der Waals surface area contributed by atoms with E-state index in [0.717, 1.165) is 19.5 Å². The van der Waals surface area contributed by atoms with Crippen LogP contribution in [0.15, 0.2) is 30.5 Å². The summed E-state index contributed by atoms with van der Waals surface area (Å²) in [6, 6.07) is 5.97. The number of halogens is 1. The summed E-state index contributed by atoms with van der Waals surface area (Å²) in [7, 11) is 1.75. The normalized spacial score (nSPS) is 14.0. The molecule has 3 N–H and O–H groups in total. The fraction of sp³-hybridized carbons (Fsp3) is 0.267. The van der Waals surface area contributed by atoms with Gasteiger partial charge in [-0.25, -0.2) is 9.37 Å². The van der Waals surface area contributed by atoms with Gasteiger partial charge >= 0.3 is 0 Å². The first kappa shape index (κ1) is 15.2. The van der Waals surface area contributed by atoms with Gasteiger partial charge in [-0.2, -0.15) is 4.98 Å². The number of carbonyl (C=O) groups is 1. The fourth-order valence-corrected chi connectivity index (χ4v) is 2.25. The van der Waals surface area contributed by atoms with Gasteiger partial charge in [-0.3, -0.25) is 9.69 Å². The molecular formula is C15H17FN6O. The zero-order valence-electron chi connectivity index (χ0n) is 12.6. The van der Waals surface area contributed by atoms with Crippen LogP contribution in [0.5, 0.6) is 0 Å². The number of carbonyl (C=O) groups excluding carboxylic acids is 1. The largest absolute Gasteiger partial charge is 0.384 e. The highest BCUT2D eigenvalue weighted by Crippen LogP contribution is 2.26. The Balaban J connectivity index is 1.88. The number of hydrogen-bond donors (Lipinski definition) is 3. The number of nitrogens with zero attached hydrogens (tertiary/aromatic N) is 3. The topological polar surface area (TPSA) is 82.2 Å². The van der Waals surface area contributed by atoms with Gasteiger partial charge in [0.25, 0.3) is 0 Å². The van der Waals surface area contributed by atoms with Crippen LogP contribution in [0.3, 0.4) is 0 Å². The smallest absolute Gasteiger partial charge is 0.229 e. The number of hydrogen-bond acceptors (Lipinski definition) is 6. The highest BCUT2D eigenvalue weighted by molar-refractivity contribution is 5.82. The van der Waals surface area contributed by atoms with Gasteiger partial charge in [0.2, 0.25) is 12.4 Å². The minimum Gasteiger partial charge on any atom is -0.384 e. The molecule has 0 bridgehead atoms. The van der Waals surface area contributed by atoms with Gasteiger partial charge in [0, 0.05) is 25.8 Å². The molecule has 0 saturated carbocycles. The van der Waals surface area contributed by atoms with Gasteiger partial charge in [0.1, 0.15) is 5.82 Å². The SMILES string of the molecule is CNc1cnc(Nc2ccc(F)cc2)nc1N(C=O)C1CNC1. The highest BCUT2D eigenvalue weighted by atomic mass is 19.1. The molecule has 23 heavy (non-hydrogen) atoms. The third-order valence-electron chi connectivity index (χ3n) is 3.65. The van der Waals surface area contributed by atoms with E-state index in [-0.39, 0.29) is 11.9 Å². The van der Waals surface area contributed by atoms with Crippen LogP contribution in [0.1, 0.15) is 0 Å². The molecule has 8 heteroatoms. The van der Waals surface area contributed by atoms with Crippen molar-refractivity contribution in [3.05, 3.63) is 36.3 Å². The Morgan fingerprint density at radius 2 is 2.09 bits per heavy atom. The molecule has 0 spiro atoms. The van der Waals surface area contributed by atoms with Crippen LogP contribution in [0, 0.1) is 5.82 Å². The molecule has 1 amide bonds. The number of amides is 1. The van der Waals surface area contributed by atoms with E-state index < -0.39 is 0 Å². The molecular weight excluding hydrogens is 299 g/mol. The number of benzene rings is 1. The number of rotatable bonds is 6. The first-order valence-corrected chi connectivity index (χ1v) is 7.23. The average molecular weight is 316 g/mol. The molecule has 1 aliphatic heterocycles. The lowest BCUT2D eigenvalue weighted by atomic mass is 10.1. The second kappa shape index (κ2) is 6.57. The van der Waals surface area contributed by atoms with Crippen LogP contribution in [0.25, 0.3) is 0 Å². The number of nitrogens with one attached hydrogen (secondary N) is 3. The van der Waals surface area contributed by atoms with E-state index in [9.17, 15) is 9.18 Å². The second-order valence-corrected chi connectivity index (χ2v) is 5.14. The maximum absolute atomic E-state index is 13.0. The predicted molar refractivity (Wildman–Crippen MR) is 86.5 cm³/mol. The zero-order valence-corrected chi connectivity index (χ0v) is 12.6. The van der Waals surface area contributed by atoms with E-state index in [1.165, 1.54) is 12.1 Å². The minimum atomic E-state index is -0.313. The summed E-state index contributed by atoms with van der Waals surface area (Å²) in [6.07, 6.45) is 2.38. The van der Waals surface area contributed by atoms with Crippen LogP contribution in [0.4, 0.5) is 27.5 Å². The summed E-state index contributed by atoms with van der Waals surface area (Å²) in [6.45, 7) is 1.46. The van der Waals surface area contributed by atoms with Crippen molar-refractivity contribution >= 4 is 29.6 Å². The Hall–Kier alpha value is -2.74. The fourth-order valence-electron chi connectivity index (χ4n) is 2.25. The minimum absolute atomic E-state index is 0.0770. The Kier molecular flexibility index (Phi) is 4.33. The standard InChI is InChI=1S/C15H17FN6O/c1-17-13-8-19-15(20-11-4-2-10(16)3-5-11)21-14(13)22(9-23)12-6-18-7-12/h2-5,8-9,12,17-18H,6-7H2,1H3,(H,19,20,21). The van der Waals surface area contributed by atoms with E-state index in [2.05, 4.69) is 25.9 Å². The molecule has 2 aromatic rings. The van der Waals surface area contributed by atoms with E-state index in [4.69, 9.17) is 0 Å². The molecule has 0 unspecified atom stereocenters. The lowest BCUT2D eigenvalue weighted by Gasteiger charge is -2.35. The van der Waals surface area contributed by atoms with Crippen molar-refractivity contribution in [2.45, 2.75) is 6.04 Å². The maximum Gasteiger partial charge on any atom is 0.229 e. The maximum atomic E-state index is 13.0. The molecule has 2 heterocycles. The van der Waals surface area contributed by atoms with E-state index >= 15 is 0 Å². The summed E-state index contributed by atoms with van der Waals surface area (Å²) in [5, 5.41) is 9.12. The third kappa shape index (κ3) is 3.21. The van der Waals surface area contributed by atoms with Crippen LogP contribution < -0.4 is 20.9 Å². The average Bonchev–Trinajstić information content (AvgIpc) is 2.53. The molecule has 0 atom stereocenters. The zero-order chi connectivity index (χ0) is 16.2. The summed E-state index contributed by atoms with van der Waals surface area (Å²) in [5.41, 5.74) is 1.33. The predicted octanol–water partition coefficient (Wildman–Crippen LogP) is 1.34. The monoisotopic (exact) mass is 316 g/mol. The van der Waals surface area contributed by atoms with Gasteiger partial charge < -0.3 is 16.0 Å². The molecule has 1 fully saturated rings. The molecule has 120 valence electrons. The Labute approximate surface area is 132 Å². The summed E-state index contributed by atoms with van der Waals surface area (Å²) >= 11 is 0. The Morgan fingerprint density at radius 3 is 2.65 bits per heavy atom. The lowest BCUT2D eigenvalue weighted by molar-refractivity contribution is -0.108. The second-order valence-electron chi connectivity index (χ2n) is 5.14. The van der Waals surface area contributed by atoms with Crippen molar-refractivity contribution in [3.8, 4) is 0 Å². The van der Waals surface area contributed by atoms with E-state index in [0.29, 0.717) is 23.1 Å². The van der Waals surface area contributed by atoms with Crippen molar-refractivity contribution in [1.82, 2.24) is 15.3 Å². The van der Waals surface area contributed by atoms with Crippen molar-refractivity contribution in [2.24, 2.45) is 0 Å². The Bertz CT molecular complexity index is 689. The van der Waals surface area contributed by atoms with Crippen molar-refractivity contribution in [3.63, 3.8) is 0 Å². The molecule has 0 radical (unpaired) electrons. The van der Waals surface area contributed by atoms with Gasteiger partial charge in [-0.1, -0.05) is 0 Å². The third-order valence-corrected chi connectivity index (χ3v) is 3.65. The summed E-state index contributed by atoms with van der Waals surface area (Å²) in [4.78, 5) is 21.7. The molecule has 1 aromatic heterocycles. The Morgan fingerprint density at radius 1 is 1.35 bits per heavy atom. The van der Waals surface area contributed by atoms with Gasteiger partial charge in [0.05, 0.1) is 17.9 Å². The van der Waals surface area contributed by atoms with Gasteiger partial charge in [-0.05, 0) is 24.3 Å². The highest BCUT2D eigenvalue weighted by Gasteiger charge is 2.27. The van der Waals surface area contributed by atoms with Crippen molar-refractivity contribution in [1.29, 1.82) is 0 Å². The van der Waals surface area contributed by atoms with Crippen molar-refractivity contribution < 1.29 is 9.18 Å². The lowest BCUT2D eigenvalue weighted by Crippen LogP contribution is -2.57. The van der Waals surface area contributed by atoms with Crippen molar-refractivity contribution in [2.75, 3.05) is 35.7 Å². The molecule has 1 aliphatic rings. The van der Waals surface area contributed by atoms with Crippen LogP contribution in [0.2, 0.25) is 0 Å². The first-order chi connectivity index (χ1) is 11.2. The van der Waals surface area contributed by atoms with Gasteiger partial charge in [-0.15, -0.1) is 0 Å². The van der Waals surface area contributed by atoms with Crippen LogP contribution >= 0.6 is 0 Å². The molecule has 7 nitrogen and oxygen atoms in total. The van der Waals surface area contributed by atoms with E-state index in [1.54, 1.807) is 30.3 Å².